The van der Waals surface area contributed by atoms with Crippen molar-refractivity contribution in [2.75, 3.05) is 11.9 Å². The van der Waals surface area contributed by atoms with Crippen LogP contribution in [0.25, 0.3) is 0 Å². The van der Waals surface area contributed by atoms with E-state index in [1.807, 2.05) is 5.32 Å². The molecule has 0 radical (unpaired) electrons. The lowest BCUT2D eigenvalue weighted by Gasteiger charge is -2.10. The number of halogens is 2. The molecule has 96 valence electrons. The number of nitrogens with one attached hydrogen (secondary N) is 1. The summed E-state index contributed by atoms with van der Waals surface area (Å²) in [6.07, 6.45) is 0.310. The van der Waals surface area contributed by atoms with Gasteiger partial charge in [-0.05, 0) is 12.1 Å². The smallest absolute Gasteiger partial charge is 0.412 e. The van der Waals surface area contributed by atoms with Crippen molar-refractivity contribution in [3.05, 3.63) is 41.2 Å². The zero-order chi connectivity index (χ0) is 13.7. The molecule has 0 fully saturated rings. The summed E-state index contributed by atoms with van der Waals surface area (Å²) in [7, 11) is 0. The lowest BCUT2D eigenvalue weighted by atomic mass is 10.1. The van der Waals surface area contributed by atoms with E-state index in [0.717, 1.165) is 12.1 Å². The van der Waals surface area contributed by atoms with E-state index in [2.05, 4.69) is 11.3 Å². The van der Waals surface area contributed by atoms with Crippen LogP contribution in [-0.4, -0.2) is 23.8 Å². The second-order valence-electron chi connectivity index (χ2n) is 3.10. The molecule has 0 aliphatic heterocycles. The van der Waals surface area contributed by atoms with Crippen molar-refractivity contribution >= 4 is 29.4 Å². The second-order valence-corrected chi connectivity index (χ2v) is 3.51. The first kappa shape index (κ1) is 14.0. The highest BCUT2D eigenvalue weighted by atomic mass is 35.5. The standard InChI is InChI=1S/C11H9ClFNO4/c1-2-5-18-11(17)14-9-6(10(15)16)3-4-7(12)8(9)13/h2-4H,1,5H2,(H,14,17)(H,15,16). The highest BCUT2D eigenvalue weighted by Crippen LogP contribution is 2.26. The average Bonchev–Trinajstić information content (AvgIpc) is 2.32. The third-order valence-electron chi connectivity index (χ3n) is 1.88. The number of hydrogen-bond donors (Lipinski definition) is 2. The Hall–Kier alpha value is -2.08. The van der Waals surface area contributed by atoms with E-state index < -0.39 is 29.1 Å². The summed E-state index contributed by atoms with van der Waals surface area (Å²) in [6, 6.07) is 2.16. The maximum absolute atomic E-state index is 13.6. The topological polar surface area (TPSA) is 75.6 Å². The van der Waals surface area contributed by atoms with Crippen LogP contribution in [-0.2, 0) is 4.74 Å². The van der Waals surface area contributed by atoms with Gasteiger partial charge in [-0.25, -0.2) is 14.0 Å². The van der Waals surface area contributed by atoms with Crippen LogP contribution in [0.3, 0.4) is 0 Å². The van der Waals surface area contributed by atoms with Crippen molar-refractivity contribution in [1.29, 1.82) is 0 Å². The quantitative estimate of drug-likeness (QED) is 0.827. The summed E-state index contributed by atoms with van der Waals surface area (Å²) in [5.41, 5.74) is -0.962. The number of carbonyl (C=O) groups is 2. The number of carbonyl (C=O) groups excluding carboxylic acids is 1. The second kappa shape index (κ2) is 6.02. The van der Waals surface area contributed by atoms with Crippen molar-refractivity contribution in [3.8, 4) is 0 Å². The molecule has 0 unspecified atom stereocenters. The van der Waals surface area contributed by atoms with E-state index in [1.165, 1.54) is 6.08 Å². The molecule has 7 heteroatoms. The Labute approximate surface area is 107 Å². The Morgan fingerprint density at radius 1 is 1.56 bits per heavy atom. The molecule has 18 heavy (non-hydrogen) atoms. The molecule has 2 N–H and O–H groups in total. The summed E-state index contributed by atoms with van der Waals surface area (Å²) in [5.74, 6) is -2.43. The van der Waals surface area contributed by atoms with E-state index in [0.29, 0.717) is 0 Å². The predicted molar refractivity (Wildman–Crippen MR) is 63.5 cm³/mol. The molecule has 1 rings (SSSR count). The summed E-state index contributed by atoms with van der Waals surface area (Å²) in [4.78, 5) is 22.1. The molecule has 0 atom stereocenters. The number of carboxylic acids is 1. The van der Waals surface area contributed by atoms with Crippen molar-refractivity contribution in [1.82, 2.24) is 0 Å². The van der Waals surface area contributed by atoms with Crippen LogP contribution in [0.1, 0.15) is 10.4 Å². The number of hydrogen-bond acceptors (Lipinski definition) is 3. The van der Waals surface area contributed by atoms with E-state index in [4.69, 9.17) is 16.7 Å². The van der Waals surface area contributed by atoms with Gasteiger partial charge in [0.2, 0.25) is 0 Å². The van der Waals surface area contributed by atoms with Gasteiger partial charge >= 0.3 is 12.1 Å². The van der Waals surface area contributed by atoms with Crippen LogP contribution in [0, 0.1) is 5.82 Å². The normalized spacial score (nSPS) is 9.67. The van der Waals surface area contributed by atoms with Crippen molar-refractivity contribution in [2.45, 2.75) is 0 Å². The number of rotatable bonds is 4. The van der Waals surface area contributed by atoms with Gasteiger partial charge in [0, 0.05) is 0 Å². The highest BCUT2D eigenvalue weighted by molar-refractivity contribution is 6.31. The van der Waals surface area contributed by atoms with Gasteiger partial charge in [-0.3, -0.25) is 5.32 Å². The van der Waals surface area contributed by atoms with Crippen LogP contribution in [0.15, 0.2) is 24.8 Å². The van der Waals surface area contributed by atoms with Gasteiger partial charge in [0.15, 0.2) is 5.82 Å². The number of amides is 1. The Balaban J connectivity index is 3.05. The summed E-state index contributed by atoms with van der Waals surface area (Å²) < 4.78 is 18.2. The molecule has 0 saturated heterocycles. The zero-order valence-corrected chi connectivity index (χ0v) is 9.83. The third kappa shape index (κ3) is 3.21. The van der Waals surface area contributed by atoms with E-state index in [9.17, 15) is 14.0 Å². The highest BCUT2D eigenvalue weighted by Gasteiger charge is 2.19. The minimum atomic E-state index is -1.40. The third-order valence-corrected chi connectivity index (χ3v) is 2.18. The van der Waals surface area contributed by atoms with Crippen LogP contribution in [0.4, 0.5) is 14.9 Å². The molecule has 0 spiro atoms. The van der Waals surface area contributed by atoms with Gasteiger partial charge in [0.25, 0.3) is 0 Å². The average molecular weight is 274 g/mol. The van der Waals surface area contributed by atoms with Crippen LogP contribution >= 0.6 is 11.6 Å². The van der Waals surface area contributed by atoms with Gasteiger partial charge in [-0.15, -0.1) is 0 Å². The molecule has 0 aliphatic carbocycles. The van der Waals surface area contributed by atoms with Crippen LogP contribution < -0.4 is 5.32 Å². The maximum Gasteiger partial charge on any atom is 0.412 e. The summed E-state index contributed by atoms with van der Waals surface area (Å²) in [5, 5.41) is 10.5. The SMILES string of the molecule is C=CCOC(=O)Nc1c(C(=O)O)ccc(Cl)c1F. The maximum atomic E-state index is 13.6. The van der Waals surface area contributed by atoms with Crippen molar-refractivity contribution < 1.29 is 23.8 Å². The number of benzene rings is 1. The molecular formula is C11H9ClFNO4. The molecular weight excluding hydrogens is 265 g/mol. The first-order valence-electron chi connectivity index (χ1n) is 4.73. The number of carboxylic acid groups (broad SMARTS) is 1. The predicted octanol–water partition coefficient (Wildman–Crippen LogP) is 2.91. The fourth-order valence-corrected chi connectivity index (χ4v) is 1.28. The first-order chi connectivity index (χ1) is 8.47. The van der Waals surface area contributed by atoms with E-state index >= 15 is 0 Å². The largest absolute Gasteiger partial charge is 0.478 e. The number of aromatic carboxylic acids is 1. The van der Waals surface area contributed by atoms with Gasteiger partial charge in [-0.1, -0.05) is 24.3 Å². The van der Waals surface area contributed by atoms with E-state index in [-0.39, 0.29) is 11.6 Å². The Kier molecular flexibility index (Phi) is 4.67. The monoisotopic (exact) mass is 273 g/mol. The fraction of sp³-hybridized carbons (Fsp3) is 0.0909. The lowest BCUT2D eigenvalue weighted by Crippen LogP contribution is -2.17. The van der Waals surface area contributed by atoms with Gasteiger partial charge in [0.1, 0.15) is 6.61 Å². The molecule has 1 aromatic carbocycles. The van der Waals surface area contributed by atoms with Gasteiger partial charge in [0.05, 0.1) is 16.3 Å². The first-order valence-corrected chi connectivity index (χ1v) is 5.11. The Morgan fingerprint density at radius 3 is 2.78 bits per heavy atom. The summed E-state index contributed by atoms with van der Waals surface area (Å²) in [6.45, 7) is 3.24. The molecule has 0 bridgehead atoms. The molecule has 0 heterocycles. The summed E-state index contributed by atoms with van der Waals surface area (Å²) >= 11 is 5.50. The van der Waals surface area contributed by atoms with Crippen molar-refractivity contribution in [2.24, 2.45) is 0 Å². The minimum Gasteiger partial charge on any atom is -0.478 e. The van der Waals surface area contributed by atoms with Gasteiger partial charge < -0.3 is 9.84 Å². The minimum absolute atomic E-state index is 0.0869. The van der Waals surface area contributed by atoms with E-state index in [1.54, 1.807) is 0 Å². The number of anilines is 1. The molecule has 1 aromatic rings. The zero-order valence-electron chi connectivity index (χ0n) is 9.07. The molecule has 0 saturated carbocycles. The van der Waals surface area contributed by atoms with Crippen LogP contribution in [0.2, 0.25) is 5.02 Å². The molecule has 0 aromatic heterocycles. The van der Waals surface area contributed by atoms with Crippen molar-refractivity contribution in [3.63, 3.8) is 0 Å². The fourth-order valence-electron chi connectivity index (χ4n) is 1.12. The van der Waals surface area contributed by atoms with Gasteiger partial charge in [-0.2, -0.15) is 0 Å². The molecule has 1 amide bonds. The molecule has 0 aliphatic rings. The molecule has 5 nitrogen and oxygen atoms in total. The Bertz CT molecular complexity index is 504. The lowest BCUT2D eigenvalue weighted by molar-refractivity contribution is 0.0697. The Morgan fingerprint density at radius 2 is 2.22 bits per heavy atom. The van der Waals surface area contributed by atoms with Crippen LogP contribution in [0.5, 0.6) is 0 Å². The number of ether oxygens (including phenoxy) is 1.